The number of likely N-dealkylation sites (N-methyl/N-ethyl adjacent to an activating group) is 1. The molecule has 0 spiro atoms. The average Bonchev–Trinajstić information content (AvgIpc) is 3.15. The third kappa shape index (κ3) is 5.19. The Bertz CT molecular complexity index is 752. The summed E-state index contributed by atoms with van der Waals surface area (Å²) in [7, 11) is 3.68. The van der Waals surface area contributed by atoms with E-state index in [1.165, 1.54) is 0 Å². The number of benzene rings is 1. The highest BCUT2D eigenvalue weighted by atomic mass is 16.2. The summed E-state index contributed by atoms with van der Waals surface area (Å²) in [5.74, 6) is -0.377. The molecule has 0 aromatic heterocycles. The summed E-state index contributed by atoms with van der Waals surface area (Å²) >= 11 is 0. The van der Waals surface area contributed by atoms with Crippen LogP contribution in [0.25, 0.3) is 0 Å². The molecule has 0 bridgehead atoms. The van der Waals surface area contributed by atoms with Gasteiger partial charge in [0.2, 0.25) is 17.7 Å². The molecule has 1 aromatic carbocycles. The average molecular weight is 415 g/mol. The maximum absolute atomic E-state index is 13.4. The van der Waals surface area contributed by atoms with Crippen molar-refractivity contribution in [1.29, 1.82) is 0 Å². The fraction of sp³-hybridized carbons (Fsp3) is 0.609. The first-order valence-electron chi connectivity index (χ1n) is 11.0. The predicted molar refractivity (Wildman–Crippen MR) is 115 cm³/mol. The summed E-state index contributed by atoms with van der Waals surface area (Å²) in [6.07, 6.45) is 4.95. The summed E-state index contributed by atoms with van der Waals surface area (Å²) in [4.78, 5) is 42.5. The highest BCUT2D eigenvalue weighted by Crippen LogP contribution is 2.31. The van der Waals surface area contributed by atoms with Crippen molar-refractivity contribution in [1.82, 2.24) is 20.4 Å². The number of nitrogens with zero attached hydrogens (tertiary/aromatic N) is 2. The van der Waals surface area contributed by atoms with Gasteiger partial charge in [-0.15, -0.1) is 0 Å². The second-order valence-corrected chi connectivity index (χ2v) is 8.68. The van der Waals surface area contributed by atoms with Crippen molar-refractivity contribution in [2.45, 2.75) is 76.2 Å². The molecular weight excluding hydrogens is 380 g/mol. The lowest BCUT2D eigenvalue weighted by molar-refractivity contribution is -0.144. The van der Waals surface area contributed by atoms with Crippen molar-refractivity contribution in [3.05, 3.63) is 35.9 Å². The van der Waals surface area contributed by atoms with E-state index < -0.39 is 12.1 Å². The molecule has 2 saturated heterocycles. The first kappa shape index (κ1) is 22.3. The van der Waals surface area contributed by atoms with Crippen LogP contribution >= 0.6 is 0 Å². The first-order chi connectivity index (χ1) is 14.4. The summed E-state index contributed by atoms with van der Waals surface area (Å²) in [5.41, 5.74) is 1.03. The van der Waals surface area contributed by atoms with Crippen molar-refractivity contribution in [2.24, 2.45) is 0 Å². The van der Waals surface area contributed by atoms with Crippen LogP contribution in [0.2, 0.25) is 0 Å². The molecule has 0 aliphatic carbocycles. The molecule has 0 radical (unpaired) electrons. The van der Waals surface area contributed by atoms with Crippen molar-refractivity contribution < 1.29 is 14.4 Å². The monoisotopic (exact) mass is 414 g/mol. The Labute approximate surface area is 179 Å². The molecule has 4 atom stereocenters. The minimum absolute atomic E-state index is 0.0796. The van der Waals surface area contributed by atoms with Gasteiger partial charge in [-0.2, -0.15) is 0 Å². The van der Waals surface area contributed by atoms with E-state index in [2.05, 4.69) is 10.6 Å². The van der Waals surface area contributed by atoms with Gasteiger partial charge in [0.25, 0.3) is 0 Å². The van der Waals surface area contributed by atoms with E-state index in [1.54, 1.807) is 4.90 Å². The minimum Gasteiger partial charge on any atom is -0.350 e. The van der Waals surface area contributed by atoms with Gasteiger partial charge >= 0.3 is 0 Å². The number of fused-ring (bicyclic) bond motifs is 1. The van der Waals surface area contributed by atoms with E-state index in [0.717, 1.165) is 31.2 Å². The lowest BCUT2D eigenvalue weighted by Crippen LogP contribution is -2.57. The van der Waals surface area contributed by atoms with Crippen LogP contribution in [0.1, 0.15) is 51.0 Å². The number of nitrogens with one attached hydrogen (secondary N) is 2. The zero-order valence-electron chi connectivity index (χ0n) is 18.3. The highest BCUT2D eigenvalue weighted by Gasteiger charge is 2.43. The van der Waals surface area contributed by atoms with Crippen molar-refractivity contribution in [3.8, 4) is 0 Å². The van der Waals surface area contributed by atoms with Crippen molar-refractivity contribution >= 4 is 17.7 Å². The standard InChI is InChI=1S/C23H34N4O3/c1-16(26(2)3)21(28)25-19-12-8-7-11-18-13-14-20(27(18)23(19)30)22(29)24-15-17-9-5-4-6-10-17/h4-6,9-10,16,18-20H,7-8,11-15H2,1-3H3,(H,24,29)(H,25,28)/t16-,18-,19-,20-/m0/s1. The molecule has 7 nitrogen and oxygen atoms in total. The van der Waals surface area contributed by atoms with Crippen LogP contribution in [0.4, 0.5) is 0 Å². The molecule has 1 aromatic rings. The number of carbonyl (C=O) groups excluding carboxylic acids is 3. The SMILES string of the molecule is C[C@@H](C(=O)N[C@H]1CCCC[C@H]2CC[C@@H](C(=O)NCc3ccccc3)N2C1=O)N(C)C. The fourth-order valence-corrected chi connectivity index (χ4v) is 4.35. The van der Waals surface area contributed by atoms with Gasteiger partial charge in [0.1, 0.15) is 12.1 Å². The number of amides is 3. The van der Waals surface area contributed by atoms with E-state index in [-0.39, 0.29) is 29.8 Å². The third-order valence-electron chi connectivity index (χ3n) is 6.42. The van der Waals surface area contributed by atoms with Gasteiger partial charge in [-0.1, -0.05) is 43.2 Å². The van der Waals surface area contributed by atoms with Crippen LogP contribution in [0.15, 0.2) is 30.3 Å². The molecule has 164 valence electrons. The van der Waals surface area contributed by atoms with Crippen LogP contribution in [-0.2, 0) is 20.9 Å². The fourth-order valence-electron chi connectivity index (χ4n) is 4.35. The normalized spacial score (nSPS) is 25.3. The molecule has 30 heavy (non-hydrogen) atoms. The van der Waals surface area contributed by atoms with Gasteiger partial charge < -0.3 is 15.5 Å². The van der Waals surface area contributed by atoms with Crippen molar-refractivity contribution in [2.75, 3.05) is 14.1 Å². The second-order valence-electron chi connectivity index (χ2n) is 8.68. The largest absolute Gasteiger partial charge is 0.350 e. The van der Waals surface area contributed by atoms with Crippen LogP contribution in [0.5, 0.6) is 0 Å². The Morgan fingerprint density at radius 2 is 1.80 bits per heavy atom. The number of hydrogen-bond acceptors (Lipinski definition) is 4. The summed E-state index contributed by atoms with van der Waals surface area (Å²) < 4.78 is 0. The Morgan fingerprint density at radius 1 is 1.10 bits per heavy atom. The lowest BCUT2D eigenvalue weighted by atomic mass is 9.98. The Hall–Kier alpha value is -2.41. The summed E-state index contributed by atoms with van der Waals surface area (Å²) in [6, 6.07) is 8.50. The van der Waals surface area contributed by atoms with E-state index in [9.17, 15) is 14.4 Å². The number of hydrogen-bond donors (Lipinski definition) is 2. The Kier molecular flexibility index (Phi) is 7.48. The molecule has 3 rings (SSSR count). The zero-order chi connectivity index (χ0) is 21.7. The smallest absolute Gasteiger partial charge is 0.246 e. The molecule has 2 aliphatic heterocycles. The number of rotatable bonds is 6. The van der Waals surface area contributed by atoms with Gasteiger partial charge in [-0.05, 0) is 52.3 Å². The maximum atomic E-state index is 13.4. The van der Waals surface area contributed by atoms with Crippen LogP contribution in [0, 0.1) is 0 Å². The van der Waals surface area contributed by atoms with Crippen molar-refractivity contribution in [3.63, 3.8) is 0 Å². The van der Waals surface area contributed by atoms with E-state index >= 15 is 0 Å². The van der Waals surface area contributed by atoms with Crippen LogP contribution < -0.4 is 10.6 Å². The zero-order valence-corrected chi connectivity index (χ0v) is 18.3. The van der Waals surface area contributed by atoms with Gasteiger partial charge in [-0.25, -0.2) is 0 Å². The predicted octanol–water partition coefficient (Wildman–Crippen LogP) is 1.67. The Balaban J connectivity index is 1.69. The highest BCUT2D eigenvalue weighted by molar-refractivity contribution is 5.93. The minimum atomic E-state index is -0.565. The van der Waals surface area contributed by atoms with E-state index in [4.69, 9.17) is 0 Å². The number of carbonyl (C=O) groups is 3. The second kappa shape index (κ2) is 10.1. The molecule has 7 heteroatoms. The molecule has 2 fully saturated rings. The molecule has 3 amide bonds. The molecule has 2 N–H and O–H groups in total. The van der Waals surface area contributed by atoms with Gasteiger partial charge in [0.15, 0.2) is 0 Å². The maximum Gasteiger partial charge on any atom is 0.246 e. The first-order valence-corrected chi connectivity index (χ1v) is 11.0. The quantitative estimate of drug-likeness (QED) is 0.742. The topological polar surface area (TPSA) is 81.8 Å². The molecule has 2 heterocycles. The van der Waals surface area contributed by atoms with E-state index in [1.807, 2.05) is 56.3 Å². The molecule has 2 aliphatic rings. The Morgan fingerprint density at radius 3 is 2.50 bits per heavy atom. The van der Waals surface area contributed by atoms with Gasteiger partial charge in [-0.3, -0.25) is 19.3 Å². The van der Waals surface area contributed by atoms with E-state index in [0.29, 0.717) is 19.4 Å². The molecule has 0 unspecified atom stereocenters. The van der Waals surface area contributed by atoms with Crippen LogP contribution in [-0.4, -0.2) is 65.8 Å². The third-order valence-corrected chi connectivity index (χ3v) is 6.42. The van der Waals surface area contributed by atoms with Crippen LogP contribution in [0.3, 0.4) is 0 Å². The van der Waals surface area contributed by atoms with Gasteiger partial charge in [0.05, 0.1) is 6.04 Å². The summed E-state index contributed by atoms with van der Waals surface area (Å²) in [6.45, 7) is 2.27. The molecular formula is C23H34N4O3. The molecule has 0 saturated carbocycles. The van der Waals surface area contributed by atoms with Gasteiger partial charge in [0, 0.05) is 12.6 Å². The summed E-state index contributed by atoms with van der Waals surface area (Å²) in [5, 5.41) is 5.94. The lowest BCUT2D eigenvalue weighted by Gasteiger charge is -2.35.